The molecule has 0 aromatic heterocycles. The van der Waals surface area contributed by atoms with E-state index in [-0.39, 0.29) is 5.78 Å². The third-order valence-electron chi connectivity index (χ3n) is 4.75. The van der Waals surface area contributed by atoms with Crippen molar-refractivity contribution in [3.63, 3.8) is 0 Å². The number of carbonyl (C=O) groups is 1. The summed E-state index contributed by atoms with van der Waals surface area (Å²) < 4.78 is 5.69. The topological polar surface area (TPSA) is 46.5 Å². The molecule has 2 aliphatic carbocycles. The van der Waals surface area contributed by atoms with Crippen LogP contribution in [0.2, 0.25) is 0 Å². The van der Waals surface area contributed by atoms with Gasteiger partial charge in [0.2, 0.25) is 0 Å². The minimum atomic E-state index is -0.403. The summed E-state index contributed by atoms with van der Waals surface area (Å²) in [4.78, 5) is 11.9. The minimum absolute atomic E-state index is 0.216. The summed E-state index contributed by atoms with van der Waals surface area (Å²) in [6.45, 7) is 0.323. The minimum Gasteiger partial charge on any atom is -0.491 e. The standard InChI is InChI=1S/C18H24O3/c19-15(10-13-4-1-2-5-13)12-21-16-9-8-14-6-3-7-18(20)17(14)11-16/h8-9,11,13,15,19H,1-7,10,12H2. The Hall–Kier alpha value is -1.35. The highest BCUT2D eigenvalue weighted by molar-refractivity contribution is 5.98. The Kier molecular flexibility index (Phi) is 4.59. The zero-order valence-corrected chi connectivity index (χ0v) is 12.5. The number of Topliss-reactive ketones (excluding diaryl/α,β-unsaturated/α-hetero) is 1. The molecule has 21 heavy (non-hydrogen) atoms. The van der Waals surface area contributed by atoms with Crippen LogP contribution in [0.1, 0.15) is 60.9 Å². The van der Waals surface area contributed by atoms with Gasteiger partial charge in [0, 0.05) is 12.0 Å². The summed E-state index contributed by atoms with van der Waals surface area (Å²) in [7, 11) is 0. The highest BCUT2D eigenvalue weighted by atomic mass is 16.5. The molecule has 114 valence electrons. The van der Waals surface area contributed by atoms with E-state index in [1.165, 1.54) is 25.7 Å². The second-order valence-corrected chi connectivity index (χ2v) is 6.45. The van der Waals surface area contributed by atoms with Crippen molar-refractivity contribution < 1.29 is 14.6 Å². The SMILES string of the molecule is O=C1CCCc2ccc(OCC(O)CC3CCCC3)cc21. The Bertz CT molecular complexity index is 503. The van der Waals surface area contributed by atoms with E-state index in [9.17, 15) is 9.90 Å². The van der Waals surface area contributed by atoms with Gasteiger partial charge in [-0.3, -0.25) is 4.79 Å². The van der Waals surface area contributed by atoms with E-state index in [2.05, 4.69) is 0 Å². The molecule has 1 aromatic rings. The first-order valence-electron chi connectivity index (χ1n) is 8.19. The van der Waals surface area contributed by atoms with Crippen LogP contribution in [0.15, 0.2) is 18.2 Å². The molecule has 0 amide bonds. The average molecular weight is 288 g/mol. The van der Waals surface area contributed by atoms with Gasteiger partial charge in [-0.25, -0.2) is 0 Å². The van der Waals surface area contributed by atoms with Crippen molar-refractivity contribution in [3.8, 4) is 5.75 Å². The van der Waals surface area contributed by atoms with Crippen molar-refractivity contribution in [2.45, 2.75) is 57.5 Å². The fourth-order valence-electron chi connectivity index (χ4n) is 3.59. The lowest BCUT2D eigenvalue weighted by molar-refractivity contribution is 0.0854. The van der Waals surface area contributed by atoms with E-state index in [4.69, 9.17) is 4.74 Å². The summed E-state index contributed by atoms with van der Waals surface area (Å²) >= 11 is 0. The number of rotatable bonds is 5. The molecule has 0 spiro atoms. The Morgan fingerprint density at radius 1 is 1.19 bits per heavy atom. The number of ether oxygens (including phenoxy) is 1. The molecule has 0 bridgehead atoms. The summed E-state index contributed by atoms with van der Waals surface area (Å²) in [6, 6.07) is 5.75. The first kappa shape index (κ1) is 14.6. The number of aliphatic hydroxyl groups excluding tert-OH is 1. The molecule has 0 radical (unpaired) electrons. The molecule has 3 nitrogen and oxygen atoms in total. The van der Waals surface area contributed by atoms with E-state index in [1.54, 1.807) is 0 Å². The lowest BCUT2D eigenvalue weighted by atomic mass is 9.90. The van der Waals surface area contributed by atoms with Crippen molar-refractivity contribution >= 4 is 5.78 Å². The normalized spacial score (nSPS) is 20.3. The van der Waals surface area contributed by atoms with Gasteiger partial charge in [0.1, 0.15) is 12.4 Å². The number of carbonyl (C=O) groups excluding carboxylic acids is 1. The average Bonchev–Trinajstić information content (AvgIpc) is 2.98. The van der Waals surface area contributed by atoms with Crippen LogP contribution in [0.3, 0.4) is 0 Å². The van der Waals surface area contributed by atoms with Crippen molar-refractivity contribution in [1.29, 1.82) is 0 Å². The van der Waals surface area contributed by atoms with Crippen molar-refractivity contribution in [3.05, 3.63) is 29.3 Å². The maximum Gasteiger partial charge on any atom is 0.163 e. The van der Waals surface area contributed by atoms with E-state index >= 15 is 0 Å². The predicted molar refractivity (Wildman–Crippen MR) is 81.8 cm³/mol. The monoisotopic (exact) mass is 288 g/mol. The molecule has 3 heteroatoms. The summed E-state index contributed by atoms with van der Waals surface area (Å²) in [6.07, 6.45) is 8.08. The van der Waals surface area contributed by atoms with Gasteiger partial charge in [0.05, 0.1) is 6.10 Å². The largest absolute Gasteiger partial charge is 0.491 e. The Balaban J connectivity index is 1.55. The van der Waals surface area contributed by atoms with Crippen LogP contribution in [0.25, 0.3) is 0 Å². The van der Waals surface area contributed by atoms with Gasteiger partial charge in [-0.05, 0) is 42.9 Å². The molecule has 1 N–H and O–H groups in total. The van der Waals surface area contributed by atoms with Gasteiger partial charge < -0.3 is 9.84 Å². The van der Waals surface area contributed by atoms with Gasteiger partial charge in [0.25, 0.3) is 0 Å². The lowest BCUT2D eigenvalue weighted by Gasteiger charge is -2.18. The van der Waals surface area contributed by atoms with Crippen LogP contribution in [-0.4, -0.2) is 23.6 Å². The highest BCUT2D eigenvalue weighted by Gasteiger charge is 2.20. The Labute approximate surface area is 126 Å². The summed E-state index contributed by atoms with van der Waals surface area (Å²) in [5.41, 5.74) is 1.94. The number of aryl methyl sites for hydroxylation is 1. The molecule has 1 aromatic carbocycles. The van der Waals surface area contributed by atoms with E-state index in [0.717, 1.165) is 30.4 Å². The molecule has 1 saturated carbocycles. The molecule has 2 aliphatic rings. The third kappa shape index (κ3) is 3.65. The first-order valence-corrected chi connectivity index (χ1v) is 8.19. The maximum atomic E-state index is 11.9. The predicted octanol–water partition coefficient (Wildman–Crippen LogP) is 3.53. The Morgan fingerprint density at radius 3 is 2.81 bits per heavy atom. The van der Waals surface area contributed by atoms with E-state index in [1.807, 2.05) is 18.2 Å². The van der Waals surface area contributed by atoms with Crippen LogP contribution < -0.4 is 4.74 Å². The van der Waals surface area contributed by atoms with Gasteiger partial charge in [0.15, 0.2) is 5.78 Å². The summed E-state index contributed by atoms with van der Waals surface area (Å²) in [5.74, 6) is 1.58. The second kappa shape index (κ2) is 6.61. The van der Waals surface area contributed by atoms with Crippen LogP contribution >= 0.6 is 0 Å². The number of hydrogen-bond donors (Lipinski definition) is 1. The number of aliphatic hydroxyl groups is 1. The second-order valence-electron chi connectivity index (χ2n) is 6.45. The zero-order valence-electron chi connectivity index (χ0n) is 12.5. The van der Waals surface area contributed by atoms with Crippen LogP contribution in [0.5, 0.6) is 5.75 Å². The molecule has 1 unspecified atom stereocenters. The number of benzene rings is 1. The first-order chi connectivity index (χ1) is 10.2. The van der Waals surface area contributed by atoms with Crippen molar-refractivity contribution in [2.24, 2.45) is 5.92 Å². The molecule has 0 heterocycles. The van der Waals surface area contributed by atoms with Crippen molar-refractivity contribution in [2.75, 3.05) is 6.61 Å². The summed E-state index contributed by atoms with van der Waals surface area (Å²) in [5, 5.41) is 10.1. The molecule has 0 aliphatic heterocycles. The number of ketones is 1. The molecule has 3 rings (SSSR count). The molecule has 1 atom stereocenters. The van der Waals surface area contributed by atoms with Crippen LogP contribution in [-0.2, 0) is 6.42 Å². The van der Waals surface area contributed by atoms with Gasteiger partial charge in [-0.2, -0.15) is 0 Å². The smallest absolute Gasteiger partial charge is 0.163 e. The zero-order chi connectivity index (χ0) is 14.7. The van der Waals surface area contributed by atoms with Crippen LogP contribution in [0, 0.1) is 5.92 Å². The van der Waals surface area contributed by atoms with Crippen LogP contribution in [0.4, 0.5) is 0 Å². The third-order valence-corrected chi connectivity index (χ3v) is 4.75. The molecule has 1 fully saturated rings. The quantitative estimate of drug-likeness (QED) is 0.901. The fourth-order valence-corrected chi connectivity index (χ4v) is 3.59. The lowest BCUT2D eigenvalue weighted by Crippen LogP contribution is -2.20. The molecular weight excluding hydrogens is 264 g/mol. The van der Waals surface area contributed by atoms with Gasteiger partial charge in [-0.15, -0.1) is 0 Å². The highest BCUT2D eigenvalue weighted by Crippen LogP contribution is 2.29. The number of hydrogen-bond acceptors (Lipinski definition) is 3. The number of fused-ring (bicyclic) bond motifs is 1. The van der Waals surface area contributed by atoms with E-state index in [0.29, 0.717) is 24.7 Å². The van der Waals surface area contributed by atoms with Gasteiger partial charge in [-0.1, -0.05) is 31.7 Å². The fraction of sp³-hybridized carbons (Fsp3) is 0.611. The van der Waals surface area contributed by atoms with Crippen molar-refractivity contribution in [1.82, 2.24) is 0 Å². The van der Waals surface area contributed by atoms with E-state index < -0.39 is 6.10 Å². The Morgan fingerprint density at radius 2 is 2.00 bits per heavy atom. The maximum absolute atomic E-state index is 11.9. The van der Waals surface area contributed by atoms with Gasteiger partial charge >= 0.3 is 0 Å². The molecular formula is C18H24O3. The molecule has 0 saturated heterocycles.